The van der Waals surface area contributed by atoms with Gasteiger partial charge in [0.15, 0.2) is 10.9 Å². The SMILES string of the molecule is CC(C)(C)OC(=O)N1CCC(Oc2cccc(Cl)c2C2=NOC(c3cccc(NC(=O)C(Cl)Cl)c3)C2)CC1. The summed E-state index contributed by atoms with van der Waals surface area (Å²) in [4.78, 5) is 30.5. The quantitative estimate of drug-likeness (QED) is 0.382. The molecule has 0 spiro atoms. The summed E-state index contributed by atoms with van der Waals surface area (Å²) in [5.74, 6) is 0.108. The van der Waals surface area contributed by atoms with Gasteiger partial charge in [0.25, 0.3) is 5.91 Å². The fourth-order valence-electron chi connectivity index (χ4n) is 4.26. The number of carbonyl (C=O) groups is 2. The fraction of sp³-hybridized carbons (Fsp3) is 0.444. The lowest BCUT2D eigenvalue weighted by Crippen LogP contribution is -2.44. The summed E-state index contributed by atoms with van der Waals surface area (Å²) in [6.45, 7) is 6.65. The zero-order chi connectivity index (χ0) is 27.4. The molecule has 1 saturated heterocycles. The molecule has 2 heterocycles. The monoisotopic (exact) mass is 581 g/mol. The van der Waals surface area contributed by atoms with Gasteiger partial charge >= 0.3 is 6.09 Å². The summed E-state index contributed by atoms with van der Waals surface area (Å²) >= 11 is 17.9. The lowest BCUT2D eigenvalue weighted by molar-refractivity contribution is -0.114. The van der Waals surface area contributed by atoms with Crippen LogP contribution < -0.4 is 10.1 Å². The summed E-state index contributed by atoms with van der Waals surface area (Å²) in [5.41, 5.74) is 2.19. The molecule has 0 radical (unpaired) electrons. The number of nitrogens with one attached hydrogen (secondary N) is 1. The minimum absolute atomic E-state index is 0.0855. The largest absolute Gasteiger partial charge is 0.490 e. The van der Waals surface area contributed by atoms with Crippen LogP contribution in [0.3, 0.4) is 0 Å². The molecule has 1 N–H and O–H groups in total. The van der Waals surface area contributed by atoms with Gasteiger partial charge in [0.2, 0.25) is 0 Å². The van der Waals surface area contributed by atoms with Crippen molar-refractivity contribution in [1.29, 1.82) is 0 Å². The van der Waals surface area contributed by atoms with Crippen molar-refractivity contribution >= 4 is 58.2 Å². The number of piperidine rings is 1. The number of rotatable bonds is 6. The van der Waals surface area contributed by atoms with Crippen molar-refractivity contribution in [2.24, 2.45) is 5.16 Å². The molecule has 0 aliphatic carbocycles. The molecule has 2 aliphatic heterocycles. The second kappa shape index (κ2) is 12.0. The Balaban J connectivity index is 1.41. The maximum atomic E-state index is 12.4. The van der Waals surface area contributed by atoms with Gasteiger partial charge in [0.05, 0.1) is 16.3 Å². The van der Waals surface area contributed by atoms with Crippen molar-refractivity contribution in [2.75, 3.05) is 18.4 Å². The van der Waals surface area contributed by atoms with E-state index in [9.17, 15) is 9.59 Å². The number of halogens is 3. The Kier molecular flexibility index (Phi) is 8.96. The molecule has 2 amide bonds. The number of alkyl halides is 2. The molecule has 0 bridgehead atoms. The third kappa shape index (κ3) is 7.24. The Morgan fingerprint density at radius 2 is 1.84 bits per heavy atom. The summed E-state index contributed by atoms with van der Waals surface area (Å²) in [6, 6.07) is 12.7. The number of amides is 2. The number of anilines is 1. The fourth-order valence-corrected chi connectivity index (χ4v) is 4.65. The third-order valence-electron chi connectivity index (χ3n) is 6.04. The first kappa shape index (κ1) is 28.3. The smallest absolute Gasteiger partial charge is 0.410 e. The van der Waals surface area contributed by atoms with Gasteiger partial charge in [-0.1, -0.05) is 58.2 Å². The van der Waals surface area contributed by atoms with Crippen molar-refractivity contribution in [3.8, 4) is 5.75 Å². The molecule has 38 heavy (non-hydrogen) atoms. The molecular weight excluding hydrogens is 553 g/mol. The first-order valence-electron chi connectivity index (χ1n) is 12.4. The zero-order valence-electron chi connectivity index (χ0n) is 21.4. The molecule has 0 aromatic heterocycles. The number of carbonyl (C=O) groups excluding carboxylic acids is 2. The third-order valence-corrected chi connectivity index (χ3v) is 6.76. The van der Waals surface area contributed by atoms with Crippen LogP contribution in [0.1, 0.15) is 57.3 Å². The van der Waals surface area contributed by atoms with Crippen LogP contribution in [-0.4, -0.2) is 52.2 Å². The van der Waals surface area contributed by atoms with Crippen LogP contribution in [0.5, 0.6) is 5.75 Å². The van der Waals surface area contributed by atoms with Crippen molar-refractivity contribution in [3.05, 3.63) is 58.6 Å². The first-order valence-corrected chi connectivity index (χ1v) is 13.6. The van der Waals surface area contributed by atoms with E-state index in [2.05, 4.69) is 10.5 Å². The number of hydrogen-bond donors (Lipinski definition) is 1. The second-order valence-corrected chi connectivity index (χ2v) is 11.7. The Bertz CT molecular complexity index is 1210. The van der Waals surface area contributed by atoms with E-state index < -0.39 is 16.3 Å². The van der Waals surface area contributed by atoms with Crippen LogP contribution in [0.4, 0.5) is 10.5 Å². The lowest BCUT2D eigenvalue weighted by atomic mass is 9.99. The molecular formula is C27H30Cl3N3O5. The van der Waals surface area contributed by atoms with Crippen LogP contribution in [0, 0.1) is 0 Å². The van der Waals surface area contributed by atoms with E-state index >= 15 is 0 Å². The molecule has 11 heteroatoms. The predicted octanol–water partition coefficient (Wildman–Crippen LogP) is 6.73. The normalized spacial score (nSPS) is 18.1. The molecule has 2 aliphatic rings. The highest BCUT2D eigenvalue weighted by molar-refractivity contribution is 6.54. The van der Waals surface area contributed by atoms with E-state index in [1.807, 2.05) is 39.0 Å². The molecule has 1 fully saturated rings. The van der Waals surface area contributed by atoms with E-state index in [0.717, 1.165) is 5.56 Å². The van der Waals surface area contributed by atoms with Crippen LogP contribution >= 0.6 is 34.8 Å². The van der Waals surface area contributed by atoms with Gasteiger partial charge in [-0.15, -0.1) is 0 Å². The lowest BCUT2D eigenvalue weighted by Gasteiger charge is -2.33. The van der Waals surface area contributed by atoms with Gasteiger partial charge in [-0.25, -0.2) is 4.79 Å². The number of benzene rings is 2. The molecule has 1 atom stereocenters. The molecule has 204 valence electrons. The van der Waals surface area contributed by atoms with Gasteiger partial charge < -0.3 is 24.5 Å². The van der Waals surface area contributed by atoms with E-state index in [0.29, 0.717) is 60.1 Å². The van der Waals surface area contributed by atoms with Gasteiger partial charge in [-0.3, -0.25) is 4.79 Å². The molecule has 0 saturated carbocycles. The van der Waals surface area contributed by atoms with Crippen molar-refractivity contribution in [3.63, 3.8) is 0 Å². The highest BCUT2D eigenvalue weighted by Crippen LogP contribution is 2.37. The van der Waals surface area contributed by atoms with Crippen LogP contribution in [0.2, 0.25) is 5.02 Å². The minimum Gasteiger partial charge on any atom is -0.490 e. The van der Waals surface area contributed by atoms with Crippen molar-refractivity contribution in [1.82, 2.24) is 4.90 Å². The van der Waals surface area contributed by atoms with Gasteiger partial charge in [-0.2, -0.15) is 0 Å². The van der Waals surface area contributed by atoms with Gasteiger partial charge in [-0.05, 0) is 50.6 Å². The Morgan fingerprint density at radius 1 is 1.13 bits per heavy atom. The van der Waals surface area contributed by atoms with Crippen molar-refractivity contribution < 1.29 is 23.9 Å². The number of nitrogens with zero attached hydrogens (tertiary/aromatic N) is 2. The van der Waals surface area contributed by atoms with Crippen molar-refractivity contribution in [2.45, 2.75) is 62.7 Å². The summed E-state index contributed by atoms with van der Waals surface area (Å²) < 4.78 is 11.8. The molecule has 4 rings (SSSR count). The zero-order valence-corrected chi connectivity index (χ0v) is 23.6. The number of likely N-dealkylation sites (tertiary alicyclic amines) is 1. The first-order chi connectivity index (χ1) is 18.0. The van der Waals surface area contributed by atoms with Crippen LogP contribution in [0.15, 0.2) is 47.6 Å². The van der Waals surface area contributed by atoms with Crippen LogP contribution in [0.25, 0.3) is 0 Å². The van der Waals surface area contributed by atoms with E-state index in [4.69, 9.17) is 49.1 Å². The average Bonchev–Trinajstić information content (AvgIpc) is 3.33. The average molecular weight is 583 g/mol. The predicted molar refractivity (Wildman–Crippen MR) is 148 cm³/mol. The van der Waals surface area contributed by atoms with E-state index in [-0.39, 0.29) is 18.3 Å². The maximum absolute atomic E-state index is 12.4. The Morgan fingerprint density at radius 3 is 2.53 bits per heavy atom. The molecule has 1 unspecified atom stereocenters. The molecule has 2 aromatic rings. The second-order valence-electron chi connectivity index (χ2n) is 10.1. The summed E-state index contributed by atoms with van der Waals surface area (Å²) in [7, 11) is 0. The highest BCUT2D eigenvalue weighted by Gasteiger charge is 2.31. The van der Waals surface area contributed by atoms with E-state index in [1.165, 1.54) is 0 Å². The minimum atomic E-state index is -1.17. The summed E-state index contributed by atoms with van der Waals surface area (Å²) in [6.07, 6.45) is 1.03. The van der Waals surface area contributed by atoms with Crippen LogP contribution in [-0.2, 0) is 14.4 Å². The Hall–Kier alpha value is -2.68. The van der Waals surface area contributed by atoms with E-state index in [1.54, 1.807) is 29.2 Å². The number of oxime groups is 1. The van der Waals surface area contributed by atoms with Gasteiger partial charge in [0.1, 0.15) is 17.5 Å². The standard InChI is InChI=1S/C27H30Cl3N3O5/c1-27(2,3)37-26(35)33-12-10-18(11-13-33)36-21-9-5-8-19(28)23(21)20-15-22(38-32-20)16-6-4-7-17(14-16)31-25(34)24(29)30/h4-9,14,18,22,24H,10-13,15H2,1-3H3,(H,31,34). The highest BCUT2D eigenvalue weighted by atomic mass is 35.5. The van der Waals surface area contributed by atoms with Gasteiger partial charge in [0, 0.05) is 38.0 Å². The molecule has 2 aromatic carbocycles. The number of ether oxygens (including phenoxy) is 2. The Labute approximate surface area is 237 Å². The maximum Gasteiger partial charge on any atom is 0.410 e. The topological polar surface area (TPSA) is 89.5 Å². The number of hydrogen-bond acceptors (Lipinski definition) is 6. The molecule has 8 nitrogen and oxygen atoms in total. The summed E-state index contributed by atoms with van der Waals surface area (Å²) in [5, 5.41) is 7.49.